The topological polar surface area (TPSA) is 18.5 Å². The first-order valence-electron chi connectivity index (χ1n) is 16.6. The molecule has 2 unspecified atom stereocenters. The summed E-state index contributed by atoms with van der Waals surface area (Å²) in [6, 6.07) is 7.30. The van der Waals surface area contributed by atoms with Crippen molar-refractivity contribution in [2.45, 2.75) is 132 Å². The van der Waals surface area contributed by atoms with Crippen LogP contribution >= 0.6 is 0 Å². The van der Waals surface area contributed by atoms with Crippen LogP contribution in [0.4, 0.5) is 0 Å². The van der Waals surface area contributed by atoms with Gasteiger partial charge in [0.25, 0.3) is 0 Å². The standard InChI is InChI=1S/C41H60O2Si/c1-23-19-29-30(37(23)44(17,18)38-26(4)24(2)25(3)27(38)5)22-33(41(12,13)14)36(43-16)34(29)28-20-31(39(6,7)8)35(42-15)32(21-28)40(9,10)11/h19-22,26,37H,1-18H3. The van der Waals surface area contributed by atoms with Crippen molar-refractivity contribution >= 4 is 14.1 Å². The zero-order valence-electron chi connectivity index (χ0n) is 31.3. The molecule has 4 rings (SSSR count). The fraction of sp³-hybridized carbons (Fsp3) is 0.561. The van der Waals surface area contributed by atoms with Crippen LogP contribution in [0.1, 0.15) is 130 Å². The van der Waals surface area contributed by atoms with Crippen LogP contribution in [-0.2, 0) is 16.2 Å². The van der Waals surface area contributed by atoms with Crippen LogP contribution in [0.3, 0.4) is 0 Å². The van der Waals surface area contributed by atoms with E-state index in [2.05, 4.69) is 134 Å². The van der Waals surface area contributed by atoms with Gasteiger partial charge >= 0.3 is 0 Å². The highest BCUT2D eigenvalue weighted by atomic mass is 28.3. The summed E-state index contributed by atoms with van der Waals surface area (Å²) in [7, 11) is 1.69. The summed E-state index contributed by atoms with van der Waals surface area (Å²) in [6.45, 7) is 37.8. The van der Waals surface area contributed by atoms with Crippen molar-refractivity contribution in [1.29, 1.82) is 0 Å². The molecule has 3 heteroatoms. The van der Waals surface area contributed by atoms with Crippen LogP contribution < -0.4 is 9.47 Å². The molecule has 240 valence electrons. The Morgan fingerprint density at radius 2 is 1.11 bits per heavy atom. The van der Waals surface area contributed by atoms with Gasteiger partial charge in [-0.1, -0.05) is 116 Å². The maximum atomic E-state index is 6.44. The SMILES string of the molecule is COc1c(C(C)(C)C)cc(-c2c3c(cc(C(C)(C)C)c2OC)C([Si](C)(C)C2=C(C)C(C)=C(C)C2C)C(C)=C3)cc1C(C)(C)C. The lowest BCUT2D eigenvalue weighted by atomic mass is 9.76. The molecule has 0 radical (unpaired) electrons. The van der Waals surface area contributed by atoms with E-state index in [4.69, 9.17) is 9.47 Å². The Morgan fingerprint density at radius 3 is 1.50 bits per heavy atom. The molecule has 2 aliphatic carbocycles. The number of fused-ring (bicyclic) bond motifs is 1. The lowest BCUT2D eigenvalue weighted by Crippen LogP contribution is -2.40. The average Bonchev–Trinajstić information content (AvgIpc) is 3.33. The zero-order valence-corrected chi connectivity index (χ0v) is 32.3. The largest absolute Gasteiger partial charge is 0.496 e. The maximum Gasteiger partial charge on any atom is 0.131 e. The molecule has 0 bridgehead atoms. The van der Waals surface area contributed by atoms with Crippen LogP contribution in [0.5, 0.6) is 11.5 Å². The lowest BCUT2D eigenvalue weighted by Gasteiger charge is -2.38. The molecule has 0 heterocycles. The highest BCUT2D eigenvalue weighted by molar-refractivity contribution is 6.86. The number of benzene rings is 2. The molecule has 2 aromatic carbocycles. The fourth-order valence-corrected chi connectivity index (χ4v) is 13.4. The van der Waals surface area contributed by atoms with Gasteiger partial charge in [0, 0.05) is 27.8 Å². The first-order chi connectivity index (χ1) is 20.0. The Labute approximate surface area is 271 Å². The molecule has 0 aromatic heterocycles. The summed E-state index contributed by atoms with van der Waals surface area (Å²) >= 11 is 0. The number of hydrogen-bond acceptors (Lipinski definition) is 2. The third kappa shape index (κ3) is 5.46. The molecule has 2 atom stereocenters. The van der Waals surface area contributed by atoms with Crippen molar-refractivity contribution in [2.75, 3.05) is 14.2 Å². The van der Waals surface area contributed by atoms with Crippen molar-refractivity contribution < 1.29 is 9.47 Å². The van der Waals surface area contributed by atoms with E-state index >= 15 is 0 Å². The highest BCUT2D eigenvalue weighted by Crippen LogP contribution is 2.56. The third-order valence-electron chi connectivity index (χ3n) is 10.8. The smallest absolute Gasteiger partial charge is 0.131 e. The Kier molecular flexibility index (Phi) is 8.64. The van der Waals surface area contributed by atoms with E-state index in [0.29, 0.717) is 11.5 Å². The molecule has 44 heavy (non-hydrogen) atoms. The minimum atomic E-state index is -1.98. The molecule has 0 fully saturated rings. The van der Waals surface area contributed by atoms with Gasteiger partial charge in [-0.25, -0.2) is 0 Å². The van der Waals surface area contributed by atoms with E-state index in [1.807, 2.05) is 14.2 Å². The predicted octanol–water partition coefficient (Wildman–Crippen LogP) is 11.9. The first-order valence-corrected chi connectivity index (χ1v) is 19.6. The quantitative estimate of drug-likeness (QED) is 0.313. The molecule has 0 saturated heterocycles. The van der Waals surface area contributed by atoms with E-state index in [9.17, 15) is 0 Å². The van der Waals surface area contributed by atoms with Crippen molar-refractivity contribution in [3.05, 3.63) is 73.5 Å². The number of ether oxygens (including phenoxy) is 2. The fourth-order valence-electron chi connectivity index (χ4n) is 8.33. The van der Waals surface area contributed by atoms with E-state index in [1.165, 1.54) is 55.7 Å². The van der Waals surface area contributed by atoms with Crippen molar-refractivity contribution in [2.24, 2.45) is 5.92 Å². The summed E-state index contributed by atoms with van der Waals surface area (Å²) in [5, 5.41) is 1.72. The lowest BCUT2D eigenvalue weighted by molar-refractivity contribution is 0.381. The summed E-state index contributed by atoms with van der Waals surface area (Å²) < 4.78 is 12.6. The first kappa shape index (κ1) is 34.4. The summed E-state index contributed by atoms with van der Waals surface area (Å²) in [6.07, 6.45) is 2.50. The van der Waals surface area contributed by atoms with Crippen LogP contribution in [-0.4, -0.2) is 22.3 Å². The van der Waals surface area contributed by atoms with Gasteiger partial charge in [-0.2, -0.15) is 0 Å². The van der Waals surface area contributed by atoms with Crippen LogP contribution in [0.25, 0.3) is 17.2 Å². The zero-order chi connectivity index (χ0) is 33.5. The van der Waals surface area contributed by atoms with Gasteiger partial charge in [0.15, 0.2) is 0 Å². The van der Waals surface area contributed by atoms with Crippen molar-refractivity contribution in [3.63, 3.8) is 0 Å². The molecular formula is C41H60O2Si. The van der Waals surface area contributed by atoms with E-state index < -0.39 is 8.07 Å². The third-order valence-corrected chi connectivity index (χ3v) is 15.2. The summed E-state index contributed by atoms with van der Waals surface area (Å²) in [4.78, 5) is 0. The molecule has 0 saturated carbocycles. The number of hydrogen-bond donors (Lipinski definition) is 0. The number of rotatable bonds is 5. The van der Waals surface area contributed by atoms with Gasteiger partial charge in [-0.05, 0) is 84.3 Å². The summed E-state index contributed by atoms with van der Waals surface area (Å²) in [5.41, 5.74) is 15.3. The molecule has 0 spiro atoms. The minimum absolute atomic E-state index is 0.0847. The Morgan fingerprint density at radius 1 is 0.659 bits per heavy atom. The molecule has 2 nitrogen and oxygen atoms in total. The molecule has 2 aliphatic rings. The second kappa shape index (κ2) is 11.1. The van der Waals surface area contributed by atoms with Crippen molar-refractivity contribution in [1.82, 2.24) is 0 Å². The molecule has 0 N–H and O–H groups in total. The second-order valence-corrected chi connectivity index (χ2v) is 21.9. The normalized spacial score (nSPS) is 19.5. The van der Waals surface area contributed by atoms with E-state index in [1.54, 1.807) is 10.8 Å². The van der Waals surface area contributed by atoms with Crippen LogP contribution in [0, 0.1) is 5.92 Å². The number of methoxy groups -OCH3 is 2. The van der Waals surface area contributed by atoms with Gasteiger partial charge in [-0.15, -0.1) is 0 Å². The summed E-state index contributed by atoms with van der Waals surface area (Å²) in [5.74, 6) is 2.52. The monoisotopic (exact) mass is 612 g/mol. The average molecular weight is 613 g/mol. The van der Waals surface area contributed by atoms with E-state index in [-0.39, 0.29) is 16.2 Å². The minimum Gasteiger partial charge on any atom is -0.496 e. The second-order valence-electron chi connectivity index (χ2n) is 17.3. The molecule has 2 aromatic rings. The Balaban J connectivity index is 2.15. The van der Waals surface area contributed by atoms with E-state index in [0.717, 1.165) is 11.5 Å². The predicted molar refractivity (Wildman–Crippen MR) is 195 cm³/mol. The highest BCUT2D eigenvalue weighted by Gasteiger charge is 2.46. The Hall–Kier alpha value is -2.52. The molecule has 0 aliphatic heterocycles. The van der Waals surface area contributed by atoms with Gasteiger partial charge in [0.2, 0.25) is 0 Å². The number of allylic oxidation sites excluding steroid dienone is 5. The van der Waals surface area contributed by atoms with Crippen molar-refractivity contribution in [3.8, 4) is 22.6 Å². The Bertz CT molecular complexity index is 1550. The van der Waals surface area contributed by atoms with Gasteiger partial charge < -0.3 is 9.47 Å². The molecule has 0 amide bonds. The molecular weight excluding hydrogens is 553 g/mol. The van der Waals surface area contributed by atoms with Gasteiger partial charge in [0.1, 0.15) is 11.5 Å². The van der Waals surface area contributed by atoms with Gasteiger partial charge in [-0.3, -0.25) is 0 Å². The van der Waals surface area contributed by atoms with Crippen LogP contribution in [0.2, 0.25) is 13.1 Å². The maximum absolute atomic E-state index is 6.44. The van der Waals surface area contributed by atoms with Crippen LogP contribution in [0.15, 0.2) is 45.7 Å². The van der Waals surface area contributed by atoms with Gasteiger partial charge in [0.05, 0.1) is 22.3 Å².